The van der Waals surface area contributed by atoms with Crippen LogP contribution in [0.1, 0.15) is 49.6 Å². The summed E-state index contributed by atoms with van der Waals surface area (Å²) in [6, 6.07) is 5.73. The maximum atomic E-state index is 12.7. The average molecular weight is 447 g/mol. The number of rotatable bonds is 10. The molecule has 1 aliphatic rings. The molecule has 9 heteroatoms. The van der Waals surface area contributed by atoms with Gasteiger partial charge in [-0.2, -0.15) is 0 Å². The molecule has 31 heavy (non-hydrogen) atoms. The molecule has 2 aromatic rings. The van der Waals surface area contributed by atoms with Crippen molar-refractivity contribution in [1.82, 2.24) is 15.1 Å². The lowest BCUT2D eigenvalue weighted by Crippen LogP contribution is -2.30. The largest absolute Gasteiger partial charge is 0.493 e. The number of ether oxygens (including phenoxy) is 2. The molecule has 1 aliphatic heterocycles. The average Bonchev–Trinajstić information content (AvgIpc) is 3.39. The van der Waals surface area contributed by atoms with Crippen molar-refractivity contribution >= 4 is 28.3 Å². The molecule has 168 valence electrons. The van der Waals surface area contributed by atoms with Crippen molar-refractivity contribution in [3.05, 3.63) is 28.8 Å². The van der Waals surface area contributed by atoms with Gasteiger partial charge in [0.25, 0.3) is 0 Å². The SMILES string of the molecule is CCC(CC)c1nnc(NC(=O)[C@@H]2CC(=O)N(CCc3ccc(OC)c(OC)c3)C2)s1. The molecule has 2 amide bonds. The Hall–Kier alpha value is -2.68. The monoisotopic (exact) mass is 446 g/mol. The van der Waals surface area contributed by atoms with E-state index < -0.39 is 0 Å². The highest BCUT2D eigenvalue weighted by atomic mass is 32.1. The minimum absolute atomic E-state index is 0.00407. The van der Waals surface area contributed by atoms with Crippen molar-refractivity contribution in [2.45, 2.75) is 45.4 Å². The van der Waals surface area contributed by atoms with Gasteiger partial charge in [0, 0.05) is 25.4 Å². The lowest BCUT2D eigenvalue weighted by molar-refractivity contribution is -0.128. The van der Waals surface area contributed by atoms with Gasteiger partial charge in [0.05, 0.1) is 20.1 Å². The first-order valence-corrected chi connectivity index (χ1v) is 11.4. The number of amides is 2. The molecular weight excluding hydrogens is 416 g/mol. The molecule has 0 aliphatic carbocycles. The Kier molecular flexibility index (Phi) is 7.84. The van der Waals surface area contributed by atoms with Crippen LogP contribution in [0, 0.1) is 5.92 Å². The maximum Gasteiger partial charge on any atom is 0.231 e. The molecule has 0 unspecified atom stereocenters. The number of nitrogens with zero attached hydrogens (tertiary/aromatic N) is 3. The normalized spacial score (nSPS) is 16.1. The summed E-state index contributed by atoms with van der Waals surface area (Å²) in [6.45, 7) is 5.20. The molecule has 0 bridgehead atoms. The van der Waals surface area contributed by atoms with Crippen molar-refractivity contribution < 1.29 is 19.1 Å². The highest BCUT2D eigenvalue weighted by Gasteiger charge is 2.34. The third kappa shape index (κ3) is 5.52. The number of hydrogen-bond acceptors (Lipinski definition) is 7. The number of methoxy groups -OCH3 is 2. The van der Waals surface area contributed by atoms with Crippen molar-refractivity contribution in [2.75, 3.05) is 32.6 Å². The summed E-state index contributed by atoms with van der Waals surface area (Å²) in [5, 5.41) is 12.6. The second kappa shape index (κ2) is 10.6. The van der Waals surface area contributed by atoms with Crippen molar-refractivity contribution in [3.8, 4) is 11.5 Å². The lowest BCUT2D eigenvalue weighted by Gasteiger charge is -2.17. The van der Waals surface area contributed by atoms with Gasteiger partial charge < -0.3 is 19.7 Å². The number of benzene rings is 1. The highest BCUT2D eigenvalue weighted by Crippen LogP contribution is 2.30. The molecule has 0 saturated carbocycles. The van der Waals surface area contributed by atoms with Crippen molar-refractivity contribution in [1.29, 1.82) is 0 Å². The highest BCUT2D eigenvalue weighted by molar-refractivity contribution is 7.15. The van der Waals surface area contributed by atoms with Gasteiger partial charge >= 0.3 is 0 Å². The smallest absolute Gasteiger partial charge is 0.231 e. The summed E-state index contributed by atoms with van der Waals surface area (Å²) in [5.74, 6) is 1.14. The third-order valence-electron chi connectivity index (χ3n) is 5.71. The lowest BCUT2D eigenvalue weighted by atomic mass is 10.1. The van der Waals surface area contributed by atoms with Crippen LogP contribution in [0.4, 0.5) is 5.13 Å². The minimum Gasteiger partial charge on any atom is -0.493 e. The van der Waals surface area contributed by atoms with E-state index in [0.29, 0.717) is 42.1 Å². The van der Waals surface area contributed by atoms with E-state index in [1.807, 2.05) is 18.2 Å². The Balaban J connectivity index is 1.54. The Labute approximate surface area is 186 Å². The van der Waals surface area contributed by atoms with E-state index in [9.17, 15) is 9.59 Å². The van der Waals surface area contributed by atoms with Gasteiger partial charge in [0.15, 0.2) is 11.5 Å². The number of hydrogen-bond donors (Lipinski definition) is 1. The van der Waals surface area contributed by atoms with E-state index in [2.05, 4.69) is 29.4 Å². The van der Waals surface area contributed by atoms with E-state index in [1.54, 1.807) is 19.1 Å². The first-order valence-electron chi connectivity index (χ1n) is 10.6. The van der Waals surface area contributed by atoms with Gasteiger partial charge in [-0.05, 0) is 37.0 Å². The van der Waals surface area contributed by atoms with Crippen LogP contribution in [-0.2, 0) is 16.0 Å². The van der Waals surface area contributed by atoms with E-state index in [1.165, 1.54) is 11.3 Å². The van der Waals surface area contributed by atoms with E-state index in [0.717, 1.165) is 23.4 Å². The second-order valence-electron chi connectivity index (χ2n) is 7.63. The first-order chi connectivity index (χ1) is 15.0. The summed E-state index contributed by atoms with van der Waals surface area (Å²) in [7, 11) is 3.19. The van der Waals surface area contributed by atoms with Gasteiger partial charge in [0.2, 0.25) is 16.9 Å². The zero-order valence-corrected chi connectivity index (χ0v) is 19.3. The number of likely N-dealkylation sites (tertiary alicyclic amines) is 1. The summed E-state index contributed by atoms with van der Waals surface area (Å²) in [6.07, 6.45) is 2.88. The molecule has 0 spiro atoms. The molecule has 1 saturated heterocycles. The van der Waals surface area contributed by atoms with Gasteiger partial charge in [-0.1, -0.05) is 31.3 Å². The molecule has 1 aromatic carbocycles. The van der Waals surface area contributed by atoms with Crippen LogP contribution in [0.25, 0.3) is 0 Å². The number of aromatic nitrogens is 2. The molecule has 1 atom stereocenters. The van der Waals surface area contributed by atoms with Crippen LogP contribution in [0.2, 0.25) is 0 Å². The Morgan fingerprint density at radius 1 is 1.23 bits per heavy atom. The molecule has 1 aromatic heterocycles. The summed E-state index contributed by atoms with van der Waals surface area (Å²) >= 11 is 1.42. The quantitative estimate of drug-likeness (QED) is 0.600. The van der Waals surface area contributed by atoms with Crippen LogP contribution in [0.5, 0.6) is 11.5 Å². The molecule has 3 rings (SSSR count). The fourth-order valence-electron chi connectivity index (χ4n) is 3.76. The molecule has 2 heterocycles. The second-order valence-corrected chi connectivity index (χ2v) is 8.64. The molecule has 8 nitrogen and oxygen atoms in total. The Morgan fingerprint density at radius 3 is 2.65 bits per heavy atom. The predicted octanol–water partition coefficient (Wildman–Crippen LogP) is 3.49. The fraction of sp³-hybridized carbons (Fsp3) is 0.545. The number of carbonyl (C=O) groups is 2. The minimum atomic E-state index is -0.376. The van der Waals surface area contributed by atoms with Gasteiger partial charge in [-0.3, -0.25) is 9.59 Å². The molecular formula is C22H30N4O4S. The van der Waals surface area contributed by atoms with Crippen molar-refractivity contribution in [3.63, 3.8) is 0 Å². The Morgan fingerprint density at radius 2 is 1.97 bits per heavy atom. The predicted molar refractivity (Wildman–Crippen MR) is 120 cm³/mol. The van der Waals surface area contributed by atoms with Crippen LogP contribution < -0.4 is 14.8 Å². The van der Waals surface area contributed by atoms with E-state index in [4.69, 9.17) is 9.47 Å². The topological polar surface area (TPSA) is 93.7 Å². The number of nitrogens with one attached hydrogen (secondary N) is 1. The molecule has 0 radical (unpaired) electrons. The molecule has 1 fully saturated rings. The summed E-state index contributed by atoms with van der Waals surface area (Å²) in [4.78, 5) is 26.9. The summed E-state index contributed by atoms with van der Waals surface area (Å²) < 4.78 is 10.6. The third-order valence-corrected chi connectivity index (χ3v) is 6.71. The Bertz CT molecular complexity index is 913. The fourth-order valence-corrected chi connectivity index (χ4v) is 4.77. The van der Waals surface area contributed by atoms with Gasteiger partial charge in [-0.25, -0.2) is 0 Å². The zero-order valence-electron chi connectivity index (χ0n) is 18.5. The van der Waals surface area contributed by atoms with Crippen LogP contribution in [0.3, 0.4) is 0 Å². The summed E-state index contributed by atoms with van der Waals surface area (Å²) in [5.41, 5.74) is 1.04. The van der Waals surface area contributed by atoms with E-state index >= 15 is 0 Å². The van der Waals surface area contributed by atoms with E-state index in [-0.39, 0.29) is 24.2 Å². The van der Waals surface area contributed by atoms with Crippen LogP contribution in [-0.4, -0.2) is 54.2 Å². The van der Waals surface area contributed by atoms with Crippen LogP contribution >= 0.6 is 11.3 Å². The zero-order chi connectivity index (χ0) is 22.4. The standard InChI is InChI=1S/C22H30N4O4S/c1-5-15(6-2)21-24-25-22(31-21)23-20(28)16-12-19(27)26(13-16)10-9-14-7-8-17(29-3)18(11-14)30-4/h7-8,11,15-16H,5-6,9-10,12-13H2,1-4H3,(H,23,25,28)/t16-/m1/s1. The first kappa shape index (κ1) is 23.0. The maximum absolute atomic E-state index is 12.7. The van der Waals surface area contributed by atoms with Crippen molar-refractivity contribution in [2.24, 2.45) is 5.92 Å². The number of carbonyl (C=O) groups excluding carboxylic acids is 2. The number of anilines is 1. The van der Waals surface area contributed by atoms with Gasteiger partial charge in [-0.15, -0.1) is 10.2 Å². The molecule has 1 N–H and O–H groups in total. The van der Waals surface area contributed by atoms with Crippen LogP contribution in [0.15, 0.2) is 18.2 Å². The van der Waals surface area contributed by atoms with Gasteiger partial charge in [0.1, 0.15) is 5.01 Å².